The molecule has 1 unspecified atom stereocenters. The molecule has 5 nitrogen and oxygen atoms in total. The zero-order chi connectivity index (χ0) is 15.4. The minimum Gasteiger partial charge on any atom is -0.354 e. The van der Waals surface area contributed by atoms with E-state index in [1.54, 1.807) is 0 Å². The zero-order valence-electron chi connectivity index (χ0n) is 12.8. The minimum atomic E-state index is -3.07. The molecule has 20 heavy (non-hydrogen) atoms. The number of amides is 1. The van der Waals surface area contributed by atoms with Gasteiger partial charge in [-0.3, -0.25) is 4.79 Å². The summed E-state index contributed by atoms with van der Waals surface area (Å²) in [7, 11) is -3.07. The lowest BCUT2D eigenvalue weighted by atomic mass is 9.64. The number of hydrogen-bond acceptors (Lipinski definition) is 4. The fraction of sp³-hybridized carbons (Fsp3) is 0.929. The summed E-state index contributed by atoms with van der Waals surface area (Å²) in [6, 6.07) is -0.735. The van der Waals surface area contributed by atoms with Crippen LogP contribution in [0.15, 0.2) is 0 Å². The van der Waals surface area contributed by atoms with Crippen molar-refractivity contribution in [2.45, 2.75) is 52.0 Å². The molecule has 3 N–H and O–H groups in total. The van der Waals surface area contributed by atoms with E-state index in [2.05, 4.69) is 19.2 Å². The summed E-state index contributed by atoms with van der Waals surface area (Å²) in [4.78, 5) is 11.9. The molecular formula is C14H28N2O3S. The van der Waals surface area contributed by atoms with Gasteiger partial charge in [-0.1, -0.05) is 20.3 Å². The highest BCUT2D eigenvalue weighted by molar-refractivity contribution is 7.90. The van der Waals surface area contributed by atoms with Gasteiger partial charge in [0.1, 0.15) is 9.84 Å². The molecule has 0 aromatic rings. The second-order valence-corrected chi connectivity index (χ2v) is 8.95. The fourth-order valence-electron chi connectivity index (χ4n) is 2.87. The van der Waals surface area contributed by atoms with Crippen LogP contribution in [0.2, 0.25) is 0 Å². The van der Waals surface area contributed by atoms with Crippen LogP contribution in [0.5, 0.6) is 0 Å². The van der Waals surface area contributed by atoms with Crippen molar-refractivity contribution in [2.24, 2.45) is 17.1 Å². The van der Waals surface area contributed by atoms with E-state index in [0.29, 0.717) is 12.5 Å². The van der Waals surface area contributed by atoms with E-state index in [-0.39, 0.29) is 23.5 Å². The van der Waals surface area contributed by atoms with Gasteiger partial charge in [0.2, 0.25) is 5.91 Å². The number of carbonyl (C=O) groups excluding carboxylic acids is 1. The van der Waals surface area contributed by atoms with Crippen molar-refractivity contribution in [2.75, 3.05) is 18.6 Å². The topological polar surface area (TPSA) is 89.3 Å². The standard InChI is InChI=1S/C14H28N2O3S/c1-11(2)9-14(6-4-7-14)10-16-13(17)12(15)5-8-20(3,18)19/h11-12H,4-10,15H2,1-3H3,(H,16,17). The van der Waals surface area contributed by atoms with Crippen molar-refractivity contribution >= 4 is 15.7 Å². The van der Waals surface area contributed by atoms with Crippen molar-refractivity contribution < 1.29 is 13.2 Å². The second kappa shape index (κ2) is 6.89. The molecule has 6 heteroatoms. The van der Waals surface area contributed by atoms with Gasteiger partial charge in [0.25, 0.3) is 0 Å². The van der Waals surface area contributed by atoms with Gasteiger partial charge in [-0.15, -0.1) is 0 Å². The summed E-state index contributed by atoms with van der Waals surface area (Å²) in [5, 5.41) is 2.91. The van der Waals surface area contributed by atoms with Gasteiger partial charge in [-0.05, 0) is 37.0 Å². The first-order chi connectivity index (χ1) is 9.14. The van der Waals surface area contributed by atoms with Crippen LogP contribution in [0.25, 0.3) is 0 Å². The highest BCUT2D eigenvalue weighted by Gasteiger charge is 2.37. The minimum absolute atomic E-state index is 0.0429. The lowest BCUT2D eigenvalue weighted by molar-refractivity contribution is -0.123. The molecule has 118 valence electrons. The van der Waals surface area contributed by atoms with E-state index in [9.17, 15) is 13.2 Å². The quantitative estimate of drug-likeness (QED) is 0.702. The molecule has 1 fully saturated rings. The summed E-state index contributed by atoms with van der Waals surface area (Å²) in [5.41, 5.74) is 5.97. The lowest BCUT2D eigenvalue weighted by Crippen LogP contribution is -2.48. The molecule has 1 amide bonds. The number of hydrogen-bond donors (Lipinski definition) is 2. The van der Waals surface area contributed by atoms with Crippen molar-refractivity contribution in [3.05, 3.63) is 0 Å². The Kier molecular flexibility index (Phi) is 6.01. The monoisotopic (exact) mass is 304 g/mol. The van der Waals surface area contributed by atoms with Crippen LogP contribution >= 0.6 is 0 Å². The summed E-state index contributed by atoms with van der Waals surface area (Å²) in [5.74, 6) is 0.341. The van der Waals surface area contributed by atoms with Crippen LogP contribution < -0.4 is 11.1 Å². The molecule has 0 aromatic heterocycles. The van der Waals surface area contributed by atoms with Gasteiger partial charge in [0.15, 0.2) is 0 Å². The molecule has 0 saturated heterocycles. The Hall–Kier alpha value is -0.620. The van der Waals surface area contributed by atoms with E-state index < -0.39 is 15.9 Å². The predicted octanol–water partition coefficient (Wildman–Crippen LogP) is 1.08. The number of nitrogens with two attached hydrogens (primary N) is 1. The molecular weight excluding hydrogens is 276 g/mol. The number of carbonyl (C=O) groups is 1. The van der Waals surface area contributed by atoms with Gasteiger partial charge in [0.05, 0.1) is 11.8 Å². The first-order valence-electron chi connectivity index (χ1n) is 7.35. The molecule has 1 saturated carbocycles. The highest BCUT2D eigenvalue weighted by atomic mass is 32.2. The Labute approximate surface area is 122 Å². The third kappa shape index (κ3) is 5.79. The van der Waals surface area contributed by atoms with Crippen molar-refractivity contribution in [1.82, 2.24) is 5.32 Å². The van der Waals surface area contributed by atoms with E-state index in [0.717, 1.165) is 25.5 Å². The molecule has 1 aliphatic rings. The largest absolute Gasteiger partial charge is 0.354 e. The highest BCUT2D eigenvalue weighted by Crippen LogP contribution is 2.45. The summed E-state index contributed by atoms with van der Waals surface area (Å²) >= 11 is 0. The summed E-state index contributed by atoms with van der Waals surface area (Å²) in [6.07, 6.45) is 5.99. The Balaban J connectivity index is 2.38. The fourth-order valence-corrected chi connectivity index (χ4v) is 3.56. The zero-order valence-corrected chi connectivity index (χ0v) is 13.6. The SMILES string of the molecule is CC(C)CC1(CNC(=O)C(N)CCS(C)(=O)=O)CCC1. The smallest absolute Gasteiger partial charge is 0.236 e. The first-order valence-corrected chi connectivity index (χ1v) is 9.41. The lowest BCUT2D eigenvalue weighted by Gasteiger charge is -2.43. The van der Waals surface area contributed by atoms with E-state index >= 15 is 0 Å². The molecule has 0 bridgehead atoms. The third-order valence-electron chi connectivity index (χ3n) is 4.03. The predicted molar refractivity (Wildman–Crippen MR) is 81.1 cm³/mol. The second-order valence-electron chi connectivity index (χ2n) is 6.69. The Morgan fingerprint density at radius 2 is 1.95 bits per heavy atom. The van der Waals surface area contributed by atoms with Gasteiger partial charge in [0, 0.05) is 12.8 Å². The maximum atomic E-state index is 11.9. The molecule has 1 aliphatic carbocycles. The van der Waals surface area contributed by atoms with Gasteiger partial charge in [-0.25, -0.2) is 8.42 Å². The van der Waals surface area contributed by atoms with E-state index in [1.807, 2.05) is 0 Å². The Bertz CT molecular complexity index is 428. The normalized spacial score (nSPS) is 19.4. The van der Waals surface area contributed by atoms with E-state index in [1.165, 1.54) is 6.42 Å². The van der Waals surface area contributed by atoms with Crippen LogP contribution in [0.1, 0.15) is 46.0 Å². The summed E-state index contributed by atoms with van der Waals surface area (Å²) < 4.78 is 22.1. The van der Waals surface area contributed by atoms with Crippen LogP contribution in [0.4, 0.5) is 0 Å². The van der Waals surface area contributed by atoms with Crippen molar-refractivity contribution in [1.29, 1.82) is 0 Å². The van der Waals surface area contributed by atoms with Crippen LogP contribution in [0.3, 0.4) is 0 Å². The number of sulfone groups is 1. The molecule has 1 rings (SSSR count). The number of rotatable bonds is 8. The molecule has 0 radical (unpaired) electrons. The maximum Gasteiger partial charge on any atom is 0.236 e. The van der Waals surface area contributed by atoms with Crippen molar-refractivity contribution in [3.63, 3.8) is 0 Å². The van der Waals surface area contributed by atoms with Crippen molar-refractivity contribution in [3.8, 4) is 0 Å². The average Bonchev–Trinajstić information content (AvgIpc) is 2.27. The maximum absolute atomic E-state index is 11.9. The van der Waals surface area contributed by atoms with Crippen LogP contribution in [-0.4, -0.2) is 38.9 Å². The van der Waals surface area contributed by atoms with E-state index in [4.69, 9.17) is 5.73 Å². The number of nitrogens with one attached hydrogen (secondary N) is 1. The third-order valence-corrected chi connectivity index (χ3v) is 5.01. The molecule has 0 spiro atoms. The van der Waals surface area contributed by atoms with Crippen LogP contribution in [0, 0.1) is 11.3 Å². The molecule has 0 heterocycles. The summed E-state index contributed by atoms with van der Waals surface area (Å²) in [6.45, 7) is 5.05. The Morgan fingerprint density at radius 1 is 1.35 bits per heavy atom. The molecule has 0 aromatic carbocycles. The molecule has 0 aliphatic heterocycles. The van der Waals surface area contributed by atoms with Gasteiger partial charge in [-0.2, -0.15) is 0 Å². The van der Waals surface area contributed by atoms with Gasteiger partial charge < -0.3 is 11.1 Å². The van der Waals surface area contributed by atoms with Crippen LogP contribution in [-0.2, 0) is 14.6 Å². The molecule has 1 atom stereocenters. The average molecular weight is 304 g/mol. The van der Waals surface area contributed by atoms with Gasteiger partial charge >= 0.3 is 0 Å². The Morgan fingerprint density at radius 3 is 2.35 bits per heavy atom. The first kappa shape index (κ1) is 17.4.